The third-order valence-corrected chi connectivity index (χ3v) is 4.13. The summed E-state index contributed by atoms with van der Waals surface area (Å²) in [5.41, 5.74) is 10.0. The molecule has 0 fully saturated rings. The van der Waals surface area contributed by atoms with Crippen molar-refractivity contribution in [3.05, 3.63) is 59.1 Å². The number of benzene rings is 3. The van der Waals surface area contributed by atoms with Crippen LogP contribution in [0.25, 0.3) is 33.3 Å². The minimum atomic E-state index is 0.580. The first-order valence-electron chi connectivity index (χ1n) is 6.98. The number of hydrogen-bond acceptors (Lipinski definition) is 3. The lowest BCUT2D eigenvalue weighted by molar-refractivity contribution is 0.618. The standard InChI is InChI=1S/C18H13ClN2O/c1-10-8-11(20)9-16-17(10)22-18(21-16)14-6-2-5-13-12(14)4-3-7-15(13)19/h2-9H,20H2,1H3. The Balaban J connectivity index is 2.03. The highest BCUT2D eigenvalue weighted by Crippen LogP contribution is 2.34. The normalized spacial score (nSPS) is 11.4. The molecule has 22 heavy (non-hydrogen) atoms. The number of rotatable bonds is 1. The second kappa shape index (κ2) is 4.75. The number of halogens is 1. The summed E-state index contributed by atoms with van der Waals surface area (Å²) >= 11 is 6.27. The molecule has 0 unspecified atom stereocenters. The van der Waals surface area contributed by atoms with Crippen molar-refractivity contribution in [2.45, 2.75) is 6.92 Å². The molecule has 0 atom stereocenters. The van der Waals surface area contributed by atoms with Crippen LogP contribution in [0, 0.1) is 6.92 Å². The largest absolute Gasteiger partial charge is 0.436 e. The SMILES string of the molecule is Cc1cc(N)cc2nc(-c3cccc4c(Cl)cccc34)oc12. The fourth-order valence-electron chi connectivity index (χ4n) is 2.80. The van der Waals surface area contributed by atoms with Crippen LogP contribution in [0.4, 0.5) is 5.69 Å². The van der Waals surface area contributed by atoms with Crippen molar-refractivity contribution in [3.63, 3.8) is 0 Å². The van der Waals surface area contributed by atoms with Gasteiger partial charge in [-0.05, 0) is 42.1 Å². The number of aromatic nitrogens is 1. The van der Waals surface area contributed by atoms with E-state index >= 15 is 0 Å². The van der Waals surface area contributed by atoms with Crippen molar-refractivity contribution in [2.75, 3.05) is 5.73 Å². The van der Waals surface area contributed by atoms with Crippen molar-refractivity contribution in [3.8, 4) is 11.5 Å². The highest BCUT2D eigenvalue weighted by Gasteiger charge is 2.13. The molecule has 0 amide bonds. The Morgan fingerprint density at radius 2 is 1.82 bits per heavy atom. The van der Waals surface area contributed by atoms with Gasteiger partial charge in [0.25, 0.3) is 0 Å². The lowest BCUT2D eigenvalue weighted by Crippen LogP contribution is -1.85. The zero-order chi connectivity index (χ0) is 15.3. The lowest BCUT2D eigenvalue weighted by Gasteiger charge is -2.04. The molecular weight excluding hydrogens is 296 g/mol. The maximum atomic E-state index is 6.27. The quantitative estimate of drug-likeness (QED) is 0.492. The van der Waals surface area contributed by atoms with Crippen LogP contribution in [0.15, 0.2) is 52.9 Å². The van der Waals surface area contributed by atoms with Gasteiger partial charge in [0.05, 0.1) is 0 Å². The zero-order valence-electron chi connectivity index (χ0n) is 11.9. The van der Waals surface area contributed by atoms with Gasteiger partial charge in [0, 0.05) is 21.7 Å². The van der Waals surface area contributed by atoms with Gasteiger partial charge in [-0.1, -0.05) is 35.9 Å². The van der Waals surface area contributed by atoms with Crippen LogP contribution in [-0.4, -0.2) is 4.98 Å². The van der Waals surface area contributed by atoms with Gasteiger partial charge in [-0.15, -0.1) is 0 Å². The molecule has 0 saturated heterocycles. The summed E-state index contributed by atoms with van der Waals surface area (Å²) in [6.45, 7) is 1.97. The van der Waals surface area contributed by atoms with Crippen molar-refractivity contribution in [1.82, 2.24) is 4.98 Å². The minimum absolute atomic E-state index is 0.580. The topological polar surface area (TPSA) is 52.0 Å². The van der Waals surface area contributed by atoms with Crippen LogP contribution in [-0.2, 0) is 0 Å². The third kappa shape index (κ3) is 1.94. The molecule has 3 nitrogen and oxygen atoms in total. The predicted molar refractivity (Wildman–Crippen MR) is 91.1 cm³/mol. The van der Waals surface area contributed by atoms with Crippen molar-refractivity contribution in [1.29, 1.82) is 0 Å². The molecule has 1 aromatic heterocycles. The number of oxazole rings is 1. The average Bonchev–Trinajstić information content (AvgIpc) is 2.91. The van der Waals surface area contributed by atoms with Gasteiger partial charge in [-0.3, -0.25) is 0 Å². The Morgan fingerprint density at radius 3 is 2.68 bits per heavy atom. The van der Waals surface area contributed by atoms with Gasteiger partial charge in [0.15, 0.2) is 5.58 Å². The molecule has 2 N–H and O–H groups in total. The van der Waals surface area contributed by atoms with Crippen LogP contribution in [0.3, 0.4) is 0 Å². The van der Waals surface area contributed by atoms with Crippen LogP contribution in [0.5, 0.6) is 0 Å². The highest BCUT2D eigenvalue weighted by atomic mass is 35.5. The van der Waals surface area contributed by atoms with Crippen molar-refractivity contribution < 1.29 is 4.42 Å². The second-order valence-electron chi connectivity index (χ2n) is 5.35. The molecule has 0 aliphatic carbocycles. The number of nitrogens with two attached hydrogens (primary N) is 1. The van der Waals surface area contributed by atoms with E-state index in [-0.39, 0.29) is 0 Å². The fraction of sp³-hybridized carbons (Fsp3) is 0.0556. The lowest BCUT2D eigenvalue weighted by atomic mass is 10.0. The van der Waals surface area contributed by atoms with Gasteiger partial charge in [0.1, 0.15) is 5.52 Å². The molecule has 108 valence electrons. The van der Waals surface area contributed by atoms with Gasteiger partial charge in [-0.25, -0.2) is 4.98 Å². The molecule has 4 heteroatoms. The average molecular weight is 309 g/mol. The molecular formula is C18H13ClN2O. The van der Waals surface area contributed by atoms with E-state index in [1.54, 1.807) is 0 Å². The van der Waals surface area contributed by atoms with Crippen LogP contribution >= 0.6 is 11.6 Å². The maximum absolute atomic E-state index is 6.27. The summed E-state index contributed by atoms with van der Waals surface area (Å²) in [6, 6.07) is 15.5. The molecule has 0 spiro atoms. The molecule has 0 aliphatic heterocycles. The van der Waals surface area contributed by atoms with Crippen LogP contribution < -0.4 is 5.73 Å². The van der Waals surface area contributed by atoms with E-state index in [2.05, 4.69) is 4.98 Å². The fourth-order valence-corrected chi connectivity index (χ4v) is 3.04. The van der Waals surface area contributed by atoms with E-state index in [4.69, 9.17) is 21.8 Å². The zero-order valence-corrected chi connectivity index (χ0v) is 12.7. The first-order chi connectivity index (χ1) is 10.6. The summed E-state index contributed by atoms with van der Waals surface area (Å²) in [5, 5.41) is 2.73. The third-order valence-electron chi connectivity index (χ3n) is 3.80. The van der Waals surface area contributed by atoms with E-state index in [1.807, 2.05) is 55.5 Å². The Bertz CT molecular complexity index is 1020. The number of fused-ring (bicyclic) bond motifs is 2. The minimum Gasteiger partial charge on any atom is -0.436 e. The van der Waals surface area contributed by atoms with E-state index in [9.17, 15) is 0 Å². The van der Waals surface area contributed by atoms with Gasteiger partial charge in [0.2, 0.25) is 5.89 Å². The Kier molecular flexibility index (Phi) is 2.84. The number of anilines is 1. The van der Waals surface area contributed by atoms with E-state index in [1.165, 1.54) is 0 Å². The summed E-state index contributed by atoms with van der Waals surface area (Å²) in [5.74, 6) is 0.580. The Morgan fingerprint density at radius 1 is 1.05 bits per heavy atom. The molecule has 3 aromatic carbocycles. The van der Waals surface area contributed by atoms with Crippen LogP contribution in [0.2, 0.25) is 5.02 Å². The van der Waals surface area contributed by atoms with E-state index < -0.39 is 0 Å². The van der Waals surface area contributed by atoms with Crippen molar-refractivity contribution >= 4 is 39.2 Å². The molecule has 0 saturated carbocycles. The number of aryl methyl sites for hydroxylation is 1. The number of nitrogen functional groups attached to an aromatic ring is 1. The van der Waals surface area contributed by atoms with Crippen LogP contribution in [0.1, 0.15) is 5.56 Å². The monoisotopic (exact) mass is 308 g/mol. The first-order valence-corrected chi connectivity index (χ1v) is 7.35. The molecule has 1 heterocycles. The molecule has 0 radical (unpaired) electrons. The smallest absolute Gasteiger partial charge is 0.227 e. The molecule has 0 aliphatic rings. The van der Waals surface area contributed by atoms with Gasteiger partial charge >= 0.3 is 0 Å². The van der Waals surface area contributed by atoms with Crippen molar-refractivity contribution in [2.24, 2.45) is 0 Å². The summed E-state index contributed by atoms with van der Waals surface area (Å²) in [6.07, 6.45) is 0. The molecule has 0 bridgehead atoms. The Labute approximate surface area is 132 Å². The highest BCUT2D eigenvalue weighted by molar-refractivity contribution is 6.35. The van der Waals surface area contributed by atoms with E-state index in [0.717, 1.165) is 38.0 Å². The number of nitrogens with zero attached hydrogens (tertiary/aromatic N) is 1. The van der Waals surface area contributed by atoms with Gasteiger partial charge in [-0.2, -0.15) is 0 Å². The maximum Gasteiger partial charge on any atom is 0.227 e. The first kappa shape index (κ1) is 13.2. The molecule has 4 aromatic rings. The summed E-state index contributed by atoms with van der Waals surface area (Å²) in [4.78, 5) is 4.59. The summed E-state index contributed by atoms with van der Waals surface area (Å²) in [7, 11) is 0. The van der Waals surface area contributed by atoms with E-state index in [0.29, 0.717) is 11.6 Å². The molecule has 4 rings (SSSR count). The van der Waals surface area contributed by atoms with Gasteiger partial charge < -0.3 is 10.2 Å². The predicted octanol–water partition coefficient (Wildman–Crippen LogP) is 5.19. The Hall–Kier alpha value is -2.52. The summed E-state index contributed by atoms with van der Waals surface area (Å²) < 4.78 is 5.98. The second-order valence-corrected chi connectivity index (χ2v) is 5.75. The number of hydrogen-bond donors (Lipinski definition) is 1.